The zero-order valence-corrected chi connectivity index (χ0v) is 4.40. The topological polar surface area (TPSA) is 36.1 Å². The van der Waals surface area contributed by atoms with E-state index in [9.17, 15) is 0 Å². The second-order valence-electron chi connectivity index (χ2n) is 1.04. The summed E-state index contributed by atoms with van der Waals surface area (Å²) in [6, 6.07) is 1.95. The quantitative estimate of drug-likeness (QED) is 0.464. The maximum atomic E-state index is 8.14. The standard InChI is InChI=1S/C4H3N2S/c5-3-4-6-1-2-7-4/h1H,2H2. The van der Waals surface area contributed by atoms with E-state index in [2.05, 4.69) is 4.99 Å². The number of hydrogen-bond donors (Lipinski definition) is 0. The van der Waals surface area contributed by atoms with Gasteiger partial charge in [-0.3, -0.25) is 4.99 Å². The van der Waals surface area contributed by atoms with Crippen LogP contribution in [0.5, 0.6) is 0 Å². The molecule has 0 saturated heterocycles. The van der Waals surface area contributed by atoms with E-state index in [0.717, 1.165) is 5.75 Å². The minimum absolute atomic E-state index is 0.583. The van der Waals surface area contributed by atoms with Crippen LogP contribution in [0, 0.1) is 17.9 Å². The van der Waals surface area contributed by atoms with Crippen LogP contribution in [0.4, 0.5) is 0 Å². The second kappa shape index (κ2) is 1.99. The van der Waals surface area contributed by atoms with Gasteiger partial charge in [-0.2, -0.15) is 5.26 Å². The Labute approximate surface area is 46.2 Å². The molecule has 0 aromatic carbocycles. The number of rotatable bonds is 0. The van der Waals surface area contributed by atoms with Crippen molar-refractivity contribution in [2.75, 3.05) is 5.75 Å². The third-order valence-corrected chi connectivity index (χ3v) is 1.38. The molecule has 1 aliphatic heterocycles. The van der Waals surface area contributed by atoms with Crippen LogP contribution in [0.15, 0.2) is 4.99 Å². The molecule has 0 amide bonds. The summed E-state index contributed by atoms with van der Waals surface area (Å²) in [4.78, 5) is 3.75. The molecule has 0 aromatic heterocycles. The molecule has 1 heterocycles. The molecule has 0 spiro atoms. The Morgan fingerprint density at radius 2 is 2.86 bits per heavy atom. The molecule has 1 aliphatic rings. The van der Waals surface area contributed by atoms with Crippen LogP contribution in [0.1, 0.15) is 0 Å². The summed E-state index contributed by atoms with van der Waals surface area (Å²) in [5.41, 5.74) is 0. The van der Waals surface area contributed by atoms with Crippen molar-refractivity contribution in [3.63, 3.8) is 0 Å². The molecule has 0 bridgehead atoms. The smallest absolute Gasteiger partial charge is 0.169 e. The molecular weight excluding hydrogens is 108 g/mol. The number of hydrogen-bond acceptors (Lipinski definition) is 3. The summed E-state index contributed by atoms with van der Waals surface area (Å²) in [5, 5.41) is 8.73. The van der Waals surface area contributed by atoms with E-state index < -0.39 is 0 Å². The maximum absolute atomic E-state index is 8.14. The third kappa shape index (κ3) is 0.937. The highest BCUT2D eigenvalue weighted by Crippen LogP contribution is 2.12. The predicted octanol–water partition coefficient (Wildman–Crippen LogP) is 0.817. The molecule has 0 aromatic rings. The molecule has 2 nitrogen and oxygen atoms in total. The van der Waals surface area contributed by atoms with Crippen molar-refractivity contribution in [3.05, 3.63) is 6.54 Å². The fourth-order valence-corrected chi connectivity index (χ4v) is 0.855. The Kier molecular flexibility index (Phi) is 1.32. The average Bonchev–Trinajstić information content (AvgIpc) is 2.14. The van der Waals surface area contributed by atoms with Crippen molar-refractivity contribution in [3.8, 4) is 6.07 Å². The van der Waals surface area contributed by atoms with E-state index in [4.69, 9.17) is 5.26 Å². The van der Waals surface area contributed by atoms with Gasteiger partial charge in [0.1, 0.15) is 6.07 Å². The van der Waals surface area contributed by atoms with Gasteiger partial charge in [-0.25, -0.2) is 0 Å². The van der Waals surface area contributed by atoms with Crippen LogP contribution in [0.3, 0.4) is 0 Å². The van der Waals surface area contributed by atoms with Crippen LogP contribution < -0.4 is 0 Å². The lowest BCUT2D eigenvalue weighted by atomic mass is 10.7. The Morgan fingerprint density at radius 3 is 3.14 bits per heavy atom. The largest absolute Gasteiger partial charge is 0.262 e. The van der Waals surface area contributed by atoms with Gasteiger partial charge in [-0.05, 0) is 0 Å². The first kappa shape index (κ1) is 4.66. The van der Waals surface area contributed by atoms with Crippen LogP contribution in [0.25, 0.3) is 0 Å². The average molecular weight is 111 g/mol. The van der Waals surface area contributed by atoms with Crippen molar-refractivity contribution in [2.45, 2.75) is 0 Å². The molecule has 7 heavy (non-hydrogen) atoms. The van der Waals surface area contributed by atoms with E-state index >= 15 is 0 Å². The Morgan fingerprint density at radius 1 is 2.00 bits per heavy atom. The van der Waals surface area contributed by atoms with Crippen LogP contribution in [-0.2, 0) is 0 Å². The van der Waals surface area contributed by atoms with Crippen molar-refractivity contribution < 1.29 is 0 Å². The van der Waals surface area contributed by atoms with Crippen molar-refractivity contribution in [2.24, 2.45) is 4.99 Å². The summed E-state index contributed by atoms with van der Waals surface area (Å²) in [7, 11) is 0. The van der Waals surface area contributed by atoms with Gasteiger partial charge in [0.2, 0.25) is 0 Å². The first-order valence-electron chi connectivity index (χ1n) is 1.86. The maximum Gasteiger partial charge on any atom is 0.169 e. The summed E-state index contributed by atoms with van der Waals surface area (Å²) in [6.45, 7) is 1.74. The molecule has 0 N–H and O–H groups in total. The second-order valence-corrected chi connectivity index (χ2v) is 2.05. The van der Waals surface area contributed by atoms with Gasteiger partial charge in [-0.15, -0.1) is 0 Å². The van der Waals surface area contributed by atoms with Crippen LogP contribution in [0.2, 0.25) is 0 Å². The molecule has 35 valence electrons. The van der Waals surface area contributed by atoms with Gasteiger partial charge in [0.25, 0.3) is 0 Å². The number of nitriles is 1. The Hall–Kier alpha value is -0.490. The lowest BCUT2D eigenvalue weighted by Gasteiger charge is -1.73. The SMILES string of the molecule is N#CC1=N[CH]CS1. The van der Waals surface area contributed by atoms with Gasteiger partial charge in [0.15, 0.2) is 5.04 Å². The molecule has 0 fully saturated rings. The number of thioether (sulfide) groups is 1. The Balaban J connectivity index is 2.57. The van der Waals surface area contributed by atoms with E-state index in [-0.39, 0.29) is 0 Å². The summed E-state index contributed by atoms with van der Waals surface area (Å²) in [5.74, 6) is 0.864. The zero-order chi connectivity index (χ0) is 5.11. The minimum atomic E-state index is 0.583. The fourth-order valence-electron chi connectivity index (χ4n) is 0.335. The third-order valence-electron chi connectivity index (χ3n) is 0.599. The highest BCUT2D eigenvalue weighted by Gasteiger charge is 2.03. The lowest BCUT2D eigenvalue weighted by Crippen LogP contribution is -1.75. The normalized spacial score (nSPS) is 18.4. The monoisotopic (exact) mass is 111 g/mol. The highest BCUT2D eigenvalue weighted by atomic mass is 32.2. The van der Waals surface area contributed by atoms with Gasteiger partial charge >= 0.3 is 0 Å². The predicted molar refractivity (Wildman–Crippen MR) is 29.8 cm³/mol. The van der Waals surface area contributed by atoms with Gasteiger partial charge in [-0.1, -0.05) is 11.8 Å². The van der Waals surface area contributed by atoms with Crippen molar-refractivity contribution in [1.82, 2.24) is 0 Å². The number of nitrogens with zero attached hydrogens (tertiary/aromatic N) is 2. The molecule has 1 rings (SSSR count). The first-order valence-corrected chi connectivity index (χ1v) is 2.84. The van der Waals surface area contributed by atoms with Crippen molar-refractivity contribution in [1.29, 1.82) is 5.26 Å². The molecule has 0 saturated carbocycles. The summed E-state index contributed by atoms with van der Waals surface area (Å²) >= 11 is 1.48. The van der Waals surface area contributed by atoms with Gasteiger partial charge in [0, 0.05) is 5.75 Å². The molecule has 0 atom stereocenters. The molecule has 3 heteroatoms. The van der Waals surface area contributed by atoms with Gasteiger partial charge < -0.3 is 0 Å². The first-order chi connectivity index (χ1) is 3.43. The zero-order valence-electron chi connectivity index (χ0n) is 3.59. The highest BCUT2D eigenvalue weighted by molar-refractivity contribution is 8.14. The molecule has 0 aliphatic carbocycles. The van der Waals surface area contributed by atoms with Crippen LogP contribution >= 0.6 is 11.8 Å². The van der Waals surface area contributed by atoms with Crippen LogP contribution in [-0.4, -0.2) is 10.8 Å². The lowest BCUT2D eigenvalue weighted by molar-refractivity contribution is 1.37. The molecule has 0 unspecified atom stereocenters. The van der Waals surface area contributed by atoms with Crippen molar-refractivity contribution >= 4 is 16.8 Å². The van der Waals surface area contributed by atoms with E-state index in [1.807, 2.05) is 6.07 Å². The van der Waals surface area contributed by atoms with Gasteiger partial charge in [0.05, 0.1) is 6.54 Å². The Bertz CT molecular complexity index is 133. The molecule has 1 radical (unpaired) electrons. The molecular formula is C4H3N2S. The van der Waals surface area contributed by atoms with E-state index in [1.54, 1.807) is 6.54 Å². The number of aliphatic imine (C=N–C) groups is 1. The van der Waals surface area contributed by atoms with E-state index in [0.29, 0.717) is 5.04 Å². The minimum Gasteiger partial charge on any atom is -0.262 e. The summed E-state index contributed by atoms with van der Waals surface area (Å²) < 4.78 is 0. The summed E-state index contributed by atoms with van der Waals surface area (Å²) in [6.07, 6.45) is 0. The van der Waals surface area contributed by atoms with E-state index in [1.165, 1.54) is 11.8 Å². The fraction of sp³-hybridized carbons (Fsp3) is 0.250.